The summed E-state index contributed by atoms with van der Waals surface area (Å²) in [6, 6.07) is 7.40. The molecule has 0 saturated carbocycles. The normalized spacial score (nSPS) is 10.8. The highest BCUT2D eigenvalue weighted by atomic mass is 32.1. The topological polar surface area (TPSA) is 69.0 Å². The van der Waals surface area contributed by atoms with Crippen LogP contribution >= 0.6 is 11.3 Å². The van der Waals surface area contributed by atoms with Gasteiger partial charge in [0.05, 0.1) is 16.8 Å². The zero-order valence-corrected chi connectivity index (χ0v) is 13.2. The summed E-state index contributed by atoms with van der Waals surface area (Å²) in [7, 11) is 0. The largest absolute Gasteiger partial charge is 0.494 e. The van der Waals surface area contributed by atoms with Gasteiger partial charge in [-0.3, -0.25) is 14.8 Å². The smallest absolute Gasteiger partial charge is 0.275 e. The first-order chi connectivity index (χ1) is 10.7. The van der Waals surface area contributed by atoms with E-state index in [0.29, 0.717) is 24.0 Å². The second-order valence-electron chi connectivity index (χ2n) is 4.57. The molecule has 1 amide bonds. The van der Waals surface area contributed by atoms with Gasteiger partial charge in [0.1, 0.15) is 11.4 Å². The molecule has 0 radical (unpaired) electrons. The molecule has 114 valence electrons. The van der Waals surface area contributed by atoms with Crippen LogP contribution in [0.15, 0.2) is 30.5 Å². The lowest BCUT2D eigenvalue weighted by atomic mass is 10.3. The Morgan fingerprint density at radius 1 is 1.36 bits per heavy atom. The van der Waals surface area contributed by atoms with Crippen molar-refractivity contribution in [1.82, 2.24) is 14.8 Å². The van der Waals surface area contributed by atoms with Crippen LogP contribution < -0.4 is 10.1 Å². The Morgan fingerprint density at radius 2 is 2.23 bits per heavy atom. The third-order valence-corrected chi connectivity index (χ3v) is 4.07. The Balaban J connectivity index is 1.83. The first-order valence-electron chi connectivity index (χ1n) is 7.07. The molecule has 0 atom stereocenters. The van der Waals surface area contributed by atoms with Crippen LogP contribution in [0.5, 0.6) is 5.75 Å². The highest BCUT2D eigenvalue weighted by molar-refractivity contribution is 7.22. The van der Waals surface area contributed by atoms with Crippen LogP contribution in [0.4, 0.5) is 5.13 Å². The molecule has 0 unspecified atom stereocenters. The Bertz CT molecular complexity index is 809. The van der Waals surface area contributed by atoms with Crippen LogP contribution in [-0.2, 0) is 6.54 Å². The van der Waals surface area contributed by atoms with Gasteiger partial charge in [0.2, 0.25) is 0 Å². The zero-order chi connectivity index (χ0) is 15.5. The predicted octanol–water partition coefficient (Wildman–Crippen LogP) is 3.16. The minimum Gasteiger partial charge on any atom is -0.494 e. The summed E-state index contributed by atoms with van der Waals surface area (Å²) >= 11 is 1.42. The Morgan fingerprint density at radius 3 is 3.00 bits per heavy atom. The Hall–Kier alpha value is -2.41. The number of thiazole rings is 1. The number of nitrogens with zero attached hydrogens (tertiary/aromatic N) is 3. The van der Waals surface area contributed by atoms with Gasteiger partial charge in [0.15, 0.2) is 5.13 Å². The minimum absolute atomic E-state index is 0.205. The molecule has 2 aromatic heterocycles. The highest BCUT2D eigenvalue weighted by Crippen LogP contribution is 2.29. The molecule has 3 rings (SSSR count). The summed E-state index contributed by atoms with van der Waals surface area (Å²) < 4.78 is 8.10. The average Bonchev–Trinajstić information content (AvgIpc) is 3.12. The van der Waals surface area contributed by atoms with Crippen molar-refractivity contribution < 1.29 is 9.53 Å². The zero-order valence-electron chi connectivity index (χ0n) is 12.4. The molecule has 0 saturated heterocycles. The molecule has 2 heterocycles. The second-order valence-corrected chi connectivity index (χ2v) is 5.60. The molecule has 7 heteroatoms. The summed E-state index contributed by atoms with van der Waals surface area (Å²) in [6.07, 6.45) is 1.62. The number of anilines is 1. The van der Waals surface area contributed by atoms with Gasteiger partial charge in [-0.2, -0.15) is 5.10 Å². The van der Waals surface area contributed by atoms with Crippen LogP contribution in [0.2, 0.25) is 0 Å². The van der Waals surface area contributed by atoms with E-state index in [0.717, 1.165) is 16.0 Å². The van der Waals surface area contributed by atoms with Crippen LogP contribution in [0.3, 0.4) is 0 Å². The van der Waals surface area contributed by atoms with Crippen LogP contribution in [-0.4, -0.2) is 27.3 Å². The highest BCUT2D eigenvalue weighted by Gasteiger charge is 2.14. The van der Waals surface area contributed by atoms with Gasteiger partial charge in [-0.15, -0.1) is 0 Å². The standard InChI is InChI=1S/C15H16N4O2S/c1-3-19-12(7-8-16-19)14(20)18-15-17-11-6-5-10(21-4-2)9-13(11)22-15/h5-9H,3-4H2,1-2H3,(H,17,18,20). The van der Waals surface area contributed by atoms with E-state index in [2.05, 4.69) is 15.4 Å². The summed E-state index contributed by atoms with van der Waals surface area (Å²) in [4.78, 5) is 16.7. The average molecular weight is 316 g/mol. The number of aromatic nitrogens is 3. The van der Waals surface area contributed by atoms with E-state index >= 15 is 0 Å². The third kappa shape index (κ3) is 2.80. The quantitative estimate of drug-likeness (QED) is 0.785. The van der Waals surface area contributed by atoms with Crippen molar-refractivity contribution in [3.63, 3.8) is 0 Å². The van der Waals surface area contributed by atoms with Crippen LogP contribution in [0.1, 0.15) is 24.3 Å². The Kier molecular flexibility index (Phi) is 4.06. The van der Waals surface area contributed by atoms with Crippen molar-refractivity contribution in [2.75, 3.05) is 11.9 Å². The van der Waals surface area contributed by atoms with E-state index in [9.17, 15) is 4.79 Å². The number of rotatable bonds is 5. The summed E-state index contributed by atoms with van der Waals surface area (Å²) in [6.45, 7) is 5.15. The molecule has 0 fully saturated rings. The fourth-order valence-corrected chi connectivity index (χ4v) is 3.04. The summed E-state index contributed by atoms with van der Waals surface area (Å²) in [5.41, 5.74) is 1.37. The van der Waals surface area contributed by atoms with Gasteiger partial charge < -0.3 is 4.74 Å². The maximum atomic E-state index is 12.3. The number of fused-ring (bicyclic) bond motifs is 1. The summed E-state index contributed by atoms with van der Waals surface area (Å²) in [5.74, 6) is 0.601. The lowest BCUT2D eigenvalue weighted by Gasteiger charge is -2.03. The lowest BCUT2D eigenvalue weighted by Crippen LogP contribution is -2.17. The number of amides is 1. The van der Waals surface area contributed by atoms with Crippen molar-refractivity contribution in [1.29, 1.82) is 0 Å². The number of hydrogen-bond acceptors (Lipinski definition) is 5. The number of carbonyl (C=O) groups excluding carboxylic acids is 1. The molecule has 22 heavy (non-hydrogen) atoms. The van der Waals surface area contributed by atoms with Gasteiger partial charge in [0, 0.05) is 12.7 Å². The monoisotopic (exact) mass is 316 g/mol. The summed E-state index contributed by atoms with van der Waals surface area (Å²) in [5, 5.41) is 7.49. The van der Waals surface area contributed by atoms with Crippen molar-refractivity contribution in [2.24, 2.45) is 0 Å². The van der Waals surface area contributed by atoms with Crippen LogP contribution in [0.25, 0.3) is 10.2 Å². The molecule has 3 aromatic rings. The first kappa shape index (κ1) is 14.5. The SMILES string of the molecule is CCOc1ccc2nc(NC(=O)c3ccnn3CC)sc2c1. The van der Waals surface area contributed by atoms with Crippen molar-refractivity contribution in [3.05, 3.63) is 36.2 Å². The maximum Gasteiger partial charge on any atom is 0.275 e. The minimum atomic E-state index is -0.205. The fourth-order valence-electron chi connectivity index (χ4n) is 2.15. The molecule has 0 bridgehead atoms. The molecular formula is C15H16N4O2S. The van der Waals surface area contributed by atoms with Gasteiger partial charge in [-0.25, -0.2) is 4.98 Å². The van der Waals surface area contributed by atoms with E-state index in [4.69, 9.17) is 4.74 Å². The van der Waals surface area contributed by atoms with Gasteiger partial charge >= 0.3 is 0 Å². The molecule has 1 aromatic carbocycles. The number of ether oxygens (including phenoxy) is 1. The fraction of sp³-hybridized carbons (Fsp3) is 0.267. The molecule has 0 aliphatic carbocycles. The molecule has 0 aliphatic rings. The van der Waals surface area contributed by atoms with Gasteiger partial charge in [0.25, 0.3) is 5.91 Å². The number of aryl methyl sites for hydroxylation is 1. The molecule has 1 N–H and O–H groups in total. The second kappa shape index (κ2) is 6.15. The number of benzene rings is 1. The van der Waals surface area contributed by atoms with Crippen LogP contribution in [0, 0.1) is 0 Å². The van der Waals surface area contributed by atoms with Crippen molar-refractivity contribution in [3.8, 4) is 5.75 Å². The van der Waals surface area contributed by atoms with E-state index in [-0.39, 0.29) is 5.91 Å². The predicted molar refractivity (Wildman–Crippen MR) is 86.6 cm³/mol. The Labute approximate surface area is 131 Å². The maximum absolute atomic E-state index is 12.3. The van der Waals surface area contributed by atoms with Gasteiger partial charge in [-0.1, -0.05) is 11.3 Å². The van der Waals surface area contributed by atoms with Crippen molar-refractivity contribution in [2.45, 2.75) is 20.4 Å². The molecular weight excluding hydrogens is 300 g/mol. The third-order valence-electron chi connectivity index (χ3n) is 3.14. The number of carbonyl (C=O) groups is 1. The molecule has 0 spiro atoms. The van der Waals surface area contributed by atoms with E-state index < -0.39 is 0 Å². The van der Waals surface area contributed by atoms with E-state index in [1.54, 1.807) is 16.9 Å². The molecule has 6 nitrogen and oxygen atoms in total. The number of nitrogens with one attached hydrogen (secondary N) is 1. The molecule has 0 aliphatic heterocycles. The van der Waals surface area contributed by atoms with E-state index in [1.165, 1.54) is 11.3 Å². The lowest BCUT2D eigenvalue weighted by molar-refractivity contribution is 0.101. The number of hydrogen-bond donors (Lipinski definition) is 1. The van der Waals surface area contributed by atoms with Gasteiger partial charge in [-0.05, 0) is 38.1 Å². The van der Waals surface area contributed by atoms with E-state index in [1.807, 2.05) is 32.0 Å². The van der Waals surface area contributed by atoms with Crippen molar-refractivity contribution >= 4 is 32.6 Å². The first-order valence-corrected chi connectivity index (χ1v) is 7.89.